The zero-order valence-corrected chi connectivity index (χ0v) is 10.2. The second-order valence-corrected chi connectivity index (χ2v) is 4.44. The first kappa shape index (κ1) is 13.0. The fraction of sp³-hybridized carbons (Fsp3) is 0.417. The van der Waals surface area contributed by atoms with Crippen LogP contribution < -0.4 is 0 Å². The molecule has 1 atom stereocenters. The Kier molecular flexibility index (Phi) is 5.32. The van der Waals surface area contributed by atoms with Crippen LogP contribution in [0.25, 0.3) is 0 Å². The van der Waals surface area contributed by atoms with Gasteiger partial charge in [-0.25, -0.2) is 4.39 Å². The van der Waals surface area contributed by atoms with Crippen molar-refractivity contribution in [2.24, 2.45) is 0 Å². The number of thioether (sulfide) groups is 1. The van der Waals surface area contributed by atoms with Crippen molar-refractivity contribution in [1.82, 2.24) is 0 Å². The van der Waals surface area contributed by atoms with Gasteiger partial charge in [0.1, 0.15) is 11.1 Å². The van der Waals surface area contributed by atoms with E-state index in [4.69, 9.17) is 4.74 Å². The summed E-state index contributed by atoms with van der Waals surface area (Å²) in [5.74, 6) is -0.575. The molecule has 0 bridgehead atoms. The highest BCUT2D eigenvalue weighted by Gasteiger charge is 2.20. The number of hydrogen-bond acceptors (Lipinski definition) is 3. The molecule has 88 valence electrons. The Hall–Kier alpha value is -1.03. The second-order valence-electron chi connectivity index (χ2n) is 3.20. The highest BCUT2D eigenvalue weighted by atomic mass is 32.2. The number of rotatable bonds is 5. The van der Waals surface area contributed by atoms with Crippen LogP contribution in [-0.4, -0.2) is 17.8 Å². The Morgan fingerprint density at radius 2 is 2.12 bits per heavy atom. The molecule has 0 saturated carbocycles. The lowest BCUT2D eigenvalue weighted by molar-refractivity contribution is -0.142. The van der Waals surface area contributed by atoms with Crippen molar-refractivity contribution in [2.75, 3.05) is 6.61 Å². The molecule has 0 amide bonds. The standard InChI is InChI=1S/C12H15FO2S/c1-3-10(12(14)15-4-2)16-11-8-6-5-7-9(11)13/h5-8,10H,3-4H2,1-2H3. The van der Waals surface area contributed by atoms with Crippen molar-refractivity contribution < 1.29 is 13.9 Å². The molecule has 0 aliphatic carbocycles. The highest BCUT2D eigenvalue weighted by molar-refractivity contribution is 8.00. The van der Waals surface area contributed by atoms with Gasteiger partial charge in [-0.15, -0.1) is 11.8 Å². The van der Waals surface area contributed by atoms with E-state index in [1.165, 1.54) is 17.8 Å². The first-order valence-corrected chi connectivity index (χ1v) is 6.14. The van der Waals surface area contributed by atoms with Crippen LogP contribution in [0.4, 0.5) is 4.39 Å². The van der Waals surface area contributed by atoms with Crippen molar-refractivity contribution >= 4 is 17.7 Å². The molecule has 0 aliphatic heterocycles. The summed E-state index contributed by atoms with van der Waals surface area (Å²) in [6, 6.07) is 6.44. The van der Waals surface area contributed by atoms with Gasteiger partial charge in [-0.1, -0.05) is 19.1 Å². The Bertz CT molecular complexity index is 355. The van der Waals surface area contributed by atoms with E-state index < -0.39 is 0 Å². The maximum Gasteiger partial charge on any atom is 0.319 e. The molecule has 2 nitrogen and oxygen atoms in total. The quantitative estimate of drug-likeness (QED) is 0.585. The van der Waals surface area contributed by atoms with E-state index in [9.17, 15) is 9.18 Å². The first-order valence-electron chi connectivity index (χ1n) is 5.26. The molecular weight excluding hydrogens is 227 g/mol. The van der Waals surface area contributed by atoms with E-state index in [0.29, 0.717) is 17.9 Å². The summed E-state index contributed by atoms with van der Waals surface area (Å²) in [5, 5.41) is -0.336. The van der Waals surface area contributed by atoms with Gasteiger partial charge >= 0.3 is 5.97 Å². The zero-order chi connectivity index (χ0) is 12.0. The van der Waals surface area contributed by atoms with E-state index in [1.54, 1.807) is 25.1 Å². The van der Waals surface area contributed by atoms with Crippen molar-refractivity contribution in [3.63, 3.8) is 0 Å². The lowest BCUT2D eigenvalue weighted by atomic mass is 10.3. The summed E-state index contributed by atoms with van der Waals surface area (Å²) >= 11 is 1.21. The third kappa shape index (κ3) is 3.52. The molecule has 16 heavy (non-hydrogen) atoms. The molecule has 0 heterocycles. The van der Waals surface area contributed by atoms with Gasteiger partial charge in [0.05, 0.1) is 6.61 Å². The largest absolute Gasteiger partial charge is 0.465 e. The molecule has 1 aromatic rings. The van der Waals surface area contributed by atoms with E-state index in [2.05, 4.69) is 0 Å². The smallest absolute Gasteiger partial charge is 0.319 e. The summed E-state index contributed by atoms with van der Waals surface area (Å²) in [6.07, 6.45) is 0.623. The molecule has 1 unspecified atom stereocenters. The number of ether oxygens (including phenoxy) is 1. The lowest BCUT2D eigenvalue weighted by Crippen LogP contribution is -2.19. The normalized spacial score (nSPS) is 12.2. The molecule has 4 heteroatoms. The number of esters is 1. The van der Waals surface area contributed by atoms with Gasteiger partial charge in [-0.05, 0) is 25.5 Å². The van der Waals surface area contributed by atoms with Crippen LogP contribution in [0.15, 0.2) is 29.2 Å². The Balaban J connectivity index is 2.70. The Morgan fingerprint density at radius 3 is 2.69 bits per heavy atom. The van der Waals surface area contributed by atoms with Gasteiger partial charge in [-0.2, -0.15) is 0 Å². The van der Waals surface area contributed by atoms with Crippen LogP contribution in [0, 0.1) is 5.82 Å². The van der Waals surface area contributed by atoms with Gasteiger partial charge in [0.2, 0.25) is 0 Å². The molecule has 0 saturated heterocycles. The number of carbonyl (C=O) groups is 1. The predicted octanol–water partition coefficient (Wildman–Crippen LogP) is 3.26. The third-order valence-corrected chi connectivity index (χ3v) is 3.42. The van der Waals surface area contributed by atoms with Crippen LogP contribution in [0.3, 0.4) is 0 Å². The SMILES string of the molecule is CCOC(=O)C(CC)Sc1ccccc1F. The van der Waals surface area contributed by atoms with Crippen molar-refractivity contribution in [1.29, 1.82) is 0 Å². The minimum Gasteiger partial charge on any atom is -0.465 e. The van der Waals surface area contributed by atoms with Gasteiger partial charge < -0.3 is 4.74 Å². The van der Waals surface area contributed by atoms with Crippen LogP contribution in [0.1, 0.15) is 20.3 Å². The monoisotopic (exact) mass is 242 g/mol. The maximum absolute atomic E-state index is 13.4. The summed E-state index contributed by atoms with van der Waals surface area (Å²) in [4.78, 5) is 12.0. The van der Waals surface area contributed by atoms with Crippen LogP contribution in [0.2, 0.25) is 0 Å². The summed E-state index contributed by atoms with van der Waals surface area (Å²) in [7, 11) is 0. The van der Waals surface area contributed by atoms with Gasteiger partial charge in [0.15, 0.2) is 0 Å². The molecule has 0 aromatic heterocycles. The van der Waals surface area contributed by atoms with Crippen molar-refractivity contribution in [3.05, 3.63) is 30.1 Å². The number of benzene rings is 1. The maximum atomic E-state index is 13.4. The van der Waals surface area contributed by atoms with Crippen LogP contribution in [0.5, 0.6) is 0 Å². The van der Waals surface area contributed by atoms with Crippen LogP contribution in [-0.2, 0) is 9.53 Å². The second kappa shape index (κ2) is 6.53. The Morgan fingerprint density at radius 1 is 1.44 bits per heavy atom. The van der Waals surface area contributed by atoms with E-state index in [-0.39, 0.29) is 17.0 Å². The van der Waals surface area contributed by atoms with Gasteiger partial charge in [0.25, 0.3) is 0 Å². The molecule has 0 N–H and O–H groups in total. The molecule has 1 rings (SSSR count). The molecule has 1 aromatic carbocycles. The lowest BCUT2D eigenvalue weighted by Gasteiger charge is -2.13. The first-order chi connectivity index (χ1) is 7.69. The summed E-state index contributed by atoms with van der Waals surface area (Å²) in [5.41, 5.74) is 0. The Labute approximate surface area is 99.2 Å². The summed E-state index contributed by atoms with van der Waals surface area (Å²) < 4.78 is 18.3. The number of hydrogen-bond donors (Lipinski definition) is 0. The van der Waals surface area contributed by atoms with Crippen molar-refractivity contribution in [3.8, 4) is 0 Å². The average Bonchev–Trinajstić information content (AvgIpc) is 2.28. The highest BCUT2D eigenvalue weighted by Crippen LogP contribution is 2.28. The molecule has 0 fully saturated rings. The fourth-order valence-corrected chi connectivity index (χ4v) is 2.20. The van der Waals surface area contributed by atoms with Gasteiger partial charge in [-0.3, -0.25) is 4.79 Å². The van der Waals surface area contributed by atoms with E-state index in [0.717, 1.165) is 0 Å². The van der Waals surface area contributed by atoms with Crippen molar-refractivity contribution in [2.45, 2.75) is 30.4 Å². The molecule has 0 spiro atoms. The average molecular weight is 242 g/mol. The van der Waals surface area contributed by atoms with E-state index >= 15 is 0 Å². The molecular formula is C12H15FO2S. The topological polar surface area (TPSA) is 26.3 Å². The summed E-state index contributed by atoms with van der Waals surface area (Å²) in [6.45, 7) is 4.00. The van der Waals surface area contributed by atoms with Crippen LogP contribution >= 0.6 is 11.8 Å². The zero-order valence-electron chi connectivity index (χ0n) is 9.40. The molecule has 0 radical (unpaired) electrons. The molecule has 0 aliphatic rings. The van der Waals surface area contributed by atoms with Gasteiger partial charge in [0, 0.05) is 4.90 Å². The van der Waals surface area contributed by atoms with E-state index in [1.807, 2.05) is 6.92 Å². The minimum absolute atomic E-state index is 0.279. The predicted molar refractivity (Wildman–Crippen MR) is 63.0 cm³/mol. The third-order valence-electron chi connectivity index (χ3n) is 2.03. The fourth-order valence-electron chi connectivity index (χ4n) is 1.23. The number of carbonyl (C=O) groups excluding carboxylic acids is 1. The number of halogens is 1. The minimum atomic E-state index is -0.336.